The Balaban J connectivity index is 1.21. The van der Waals surface area contributed by atoms with Crippen molar-refractivity contribution in [3.8, 4) is 5.75 Å². The molecule has 5 rings (SSSR count). The summed E-state index contributed by atoms with van der Waals surface area (Å²) >= 11 is 0. The number of carbonyl (C=O) groups excluding carboxylic acids is 1. The highest BCUT2D eigenvalue weighted by atomic mass is 19.4. The lowest BCUT2D eigenvalue weighted by Crippen LogP contribution is -2.34. The van der Waals surface area contributed by atoms with Crippen molar-refractivity contribution in [3.63, 3.8) is 0 Å². The van der Waals surface area contributed by atoms with Crippen molar-refractivity contribution in [2.75, 3.05) is 18.0 Å². The zero-order chi connectivity index (χ0) is 28.6. The molecule has 4 aromatic rings. The molecule has 1 aliphatic rings. The maximum absolute atomic E-state index is 15.1. The van der Waals surface area contributed by atoms with Gasteiger partial charge in [0.1, 0.15) is 34.4 Å². The van der Waals surface area contributed by atoms with E-state index in [-0.39, 0.29) is 29.5 Å². The van der Waals surface area contributed by atoms with E-state index in [4.69, 9.17) is 0 Å². The van der Waals surface area contributed by atoms with Crippen LogP contribution in [0.1, 0.15) is 51.6 Å². The van der Waals surface area contributed by atoms with Gasteiger partial charge in [-0.1, -0.05) is 12.1 Å². The van der Waals surface area contributed by atoms with Crippen LogP contribution in [-0.2, 0) is 6.54 Å². The fourth-order valence-electron chi connectivity index (χ4n) is 5.20. The molecule has 0 aliphatic carbocycles. The number of imidazole rings is 1. The predicted molar refractivity (Wildman–Crippen MR) is 140 cm³/mol. The SMILES string of the molecule is Cc1ccn2c(C(=O)NCc3cc(F)c(N4CCC(c5ccc(OC(F)(F)F)cc5)CC4)c(F)c3)c(C)nc2c1. The van der Waals surface area contributed by atoms with E-state index < -0.39 is 23.9 Å². The minimum Gasteiger partial charge on any atom is -0.406 e. The minimum atomic E-state index is -4.75. The molecular weight excluding hydrogens is 531 g/mol. The summed E-state index contributed by atoms with van der Waals surface area (Å²) in [5.74, 6) is -2.10. The van der Waals surface area contributed by atoms with Crippen molar-refractivity contribution in [1.29, 1.82) is 0 Å². The van der Waals surface area contributed by atoms with Gasteiger partial charge in [0.05, 0.1) is 5.69 Å². The molecule has 210 valence electrons. The Hall–Kier alpha value is -4.15. The van der Waals surface area contributed by atoms with Crippen LogP contribution in [0.4, 0.5) is 27.6 Å². The third kappa shape index (κ3) is 5.88. The first kappa shape index (κ1) is 27.4. The predicted octanol–water partition coefficient (Wildman–Crippen LogP) is 6.44. The summed E-state index contributed by atoms with van der Waals surface area (Å²) in [5.41, 5.74) is 3.55. The summed E-state index contributed by atoms with van der Waals surface area (Å²) in [6.45, 7) is 4.34. The lowest BCUT2D eigenvalue weighted by molar-refractivity contribution is -0.274. The number of aromatic nitrogens is 2. The second-order valence-corrected chi connectivity index (χ2v) is 9.95. The van der Waals surface area contributed by atoms with Gasteiger partial charge in [-0.25, -0.2) is 13.8 Å². The highest BCUT2D eigenvalue weighted by Gasteiger charge is 2.31. The first-order valence-electron chi connectivity index (χ1n) is 12.8. The molecular formula is C29H27F5N4O2. The van der Waals surface area contributed by atoms with Crippen LogP contribution in [0.15, 0.2) is 54.7 Å². The molecule has 2 aromatic carbocycles. The van der Waals surface area contributed by atoms with Gasteiger partial charge in [-0.05, 0) is 85.7 Å². The molecule has 0 radical (unpaired) electrons. The smallest absolute Gasteiger partial charge is 0.406 e. The number of hydrogen-bond acceptors (Lipinski definition) is 4. The minimum absolute atomic E-state index is 0.0452. The molecule has 1 saturated heterocycles. The molecule has 0 atom stereocenters. The maximum Gasteiger partial charge on any atom is 0.573 e. The van der Waals surface area contributed by atoms with Crippen molar-refractivity contribution >= 4 is 17.2 Å². The van der Waals surface area contributed by atoms with E-state index >= 15 is 8.78 Å². The molecule has 3 heterocycles. The molecule has 1 aliphatic heterocycles. The molecule has 11 heteroatoms. The van der Waals surface area contributed by atoms with Crippen molar-refractivity contribution in [1.82, 2.24) is 14.7 Å². The number of benzene rings is 2. The molecule has 40 heavy (non-hydrogen) atoms. The third-order valence-corrected chi connectivity index (χ3v) is 7.10. The first-order chi connectivity index (χ1) is 19.0. The Bertz CT molecular complexity index is 1520. The highest BCUT2D eigenvalue weighted by molar-refractivity contribution is 5.94. The molecule has 0 spiro atoms. The summed E-state index contributed by atoms with van der Waals surface area (Å²) in [4.78, 5) is 18.9. The van der Waals surface area contributed by atoms with Crippen LogP contribution < -0.4 is 15.0 Å². The number of amides is 1. The summed E-state index contributed by atoms with van der Waals surface area (Å²) in [5, 5.41) is 2.72. The quantitative estimate of drug-likeness (QED) is 0.277. The largest absolute Gasteiger partial charge is 0.573 e. The van der Waals surface area contributed by atoms with Gasteiger partial charge in [-0.3, -0.25) is 9.20 Å². The normalized spacial score (nSPS) is 14.5. The summed E-state index contributed by atoms with van der Waals surface area (Å²) < 4.78 is 72.9. The van der Waals surface area contributed by atoms with E-state index in [9.17, 15) is 18.0 Å². The number of fused-ring (bicyclic) bond motifs is 1. The van der Waals surface area contributed by atoms with Gasteiger partial charge < -0.3 is 15.0 Å². The van der Waals surface area contributed by atoms with E-state index in [0.717, 1.165) is 11.1 Å². The lowest BCUT2D eigenvalue weighted by atomic mass is 9.89. The average molecular weight is 559 g/mol. The Morgan fingerprint density at radius 2 is 1.68 bits per heavy atom. The van der Waals surface area contributed by atoms with Crippen LogP contribution in [-0.4, -0.2) is 34.7 Å². The van der Waals surface area contributed by atoms with Crippen LogP contribution in [0, 0.1) is 25.5 Å². The molecule has 0 bridgehead atoms. The van der Waals surface area contributed by atoms with E-state index in [2.05, 4.69) is 15.0 Å². The second kappa shape index (κ2) is 10.8. The Kier molecular flexibility index (Phi) is 7.39. The number of ether oxygens (including phenoxy) is 1. The number of halogens is 5. The number of rotatable bonds is 6. The number of carbonyl (C=O) groups is 1. The number of pyridine rings is 1. The summed E-state index contributed by atoms with van der Waals surface area (Å²) in [6, 6.07) is 11.9. The van der Waals surface area contributed by atoms with Gasteiger partial charge in [-0.2, -0.15) is 0 Å². The van der Waals surface area contributed by atoms with Gasteiger partial charge in [0.2, 0.25) is 0 Å². The highest BCUT2D eigenvalue weighted by Crippen LogP contribution is 2.34. The fraction of sp³-hybridized carbons (Fsp3) is 0.310. The topological polar surface area (TPSA) is 58.9 Å². The number of nitrogens with one attached hydrogen (secondary N) is 1. The fourth-order valence-corrected chi connectivity index (χ4v) is 5.20. The van der Waals surface area contributed by atoms with Gasteiger partial charge in [0.15, 0.2) is 0 Å². The van der Waals surface area contributed by atoms with Gasteiger partial charge in [-0.15, -0.1) is 13.2 Å². The number of aryl methyl sites for hydroxylation is 2. The van der Waals surface area contributed by atoms with Crippen molar-refractivity contribution in [3.05, 3.63) is 94.4 Å². The Labute approximate surface area is 227 Å². The number of piperidine rings is 1. The Morgan fingerprint density at radius 1 is 1.02 bits per heavy atom. The number of alkyl halides is 3. The summed E-state index contributed by atoms with van der Waals surface area (Å²) in [6.07, 6.45) is -1.84. The molecule has 1 amide bonds. The standard InChI is InChI=1S/C29H27F5N4O2/c1-17-7-12-38-25(13-17)36-18(2)26(38)28(39)35-16-19-14-23(30)27(24(31)15-19)37-10-8-21(9-11-37)20-3-5-22(6-4-20)40-29(32,33)34/h3-7,12-15,21H,8-11,16H2,1-2H3,(H,35,39). The number of hydrogen-bond donors (Lipinski definition) is 1. The van der Waals surface area contributed by atoms with Crippen LogP contribution in [0.2, 0.25) is 0 Å². The van der Waals surface area contributed by atoms with E-state index in [1.807, 2.05) is 19.1 Å². The zero-order valence-corrected chi connectivity index (χ0v) is 21.9. The van der Waals surface area contributed by atoms with Crippen LogP contribution in [0.3, 0.4) is 0 Å². The van der Waals surface area contributed by atoms with Gasteiger partial charge in [0.25, 0.3) is 5.91 Å². The molecule has 0 saturated carbocycles. The van der Waals surface area contributed by atoms with Crippen molar-refractivity contribution < 1.29 is 31.5 Å². The van der Waals surface area contributed by atoms with Gasteiger partial charge in [0, 0.05) is 25.8 Å². The molecule has 6 nitrogen and oxygen atoms in total. The molecule has 0 unspecified atom stereocenters. The monoisotopic (exact) mass is 558 g/mol. The molecule has 1 N–H and O–H groups in total. The lowest BCUT2D eigenvalue weighted by Gasteiger charge is -2.34. The Morgan fingerprint density at radius 3 is 2.30 bits per heavy atom. The van der Waals surface area contributed by atoms with Crippen molar-refractivity contribution in [2.24, 2.45) is 0 Å². The van der Waals surface area contributed by atoms with Gasteiger partial charge >= 0.3 is 6.36 Å². The van der Waals surface area contributed by atoms with Crippen LogP contribution in [0.5, 0.6) is 5.75 Å². The molecule has 1 fully saturated rings. The first-order valence-corrected chi connectivity index (χ1v) is 12.8. The summed E-state index contributed by atoms with van der Waals surface area (Å²) in [7, 11) is 0. The van der Waals surface area contributed by atoms with E-state index in [0.29, 0.717) is 43.0 Å². The van der Waals surface area contributed by atoms with Crippen molar-refractivity contribution in [2.45, 2.75) is 45.5 Å². The third-order valence-electron chi connectivity index (χ3n) is 7.10. The number of nitrogens with zero attached hydrogens (tertiary/aromatic N) is 3. The van der Waals surface area contributed by atoms with E-state index in [1.54, 1.807) is 34.6 Å². The number of anilines is 1. The molecule has 2 aromatic heterocycles. The van der Waals surface area contributed by atoms with Crippen LogP contribution >= 0.6 is 0 Å². The second-order valence-electron chi connectivity index (χ2n) is 9.95. The average Bonchev–Trinajstić information content (AvgIpc) is 3.21. The van der Waals surface area contributed by atoms with Crippen LogP contribution in [0.25, 0.3) is 5.65 Å². The van der Waals surface area contributed by atoms with E-state index in [1.165, 1.54) is 24.3 Å². The maximum atomic E-state index is 15.1. The zero-order valence-electron chi connectivity index (χ0n) is 21.9.